The van der Waals surface area contributed by atoms with Gasteiger partial charge in [0.2, 0.25) is 0 Å². The highest BCUT2D eigenvalue weighted by Gasteiger charge is 2.17. The molecule has 0 unspecified atom stereocenters. The number of aromatic nitrogens is 4. The minimum Gasteiger partial charge on any atom is -0.319 e. The fourth-order valence-corrected chi connectivity index (χ4v) is 3.48. The van der Waals surface area contributed by atoms with Crippen molar-refractivity contribution < 1.29 is 4.79 Å². The van der Waals surface area contributed by atoms with Crippen LogP contribution >= 0.6 is 15.9 Å². The normalized spacial score (nSPS) is 11.4. The van der Waals surface area contributed by atoms with E-state index in [0.717, 1.165) is 40.6 Å². The summed E-state index contributed by atoms with van der Waals surface area (Å²) in [5, 5.41) is 11.7. The molecular weight excluding hydrogens is 382 g/mol. The number of rotatable bonds is 6. The lowest BCUT2D eigenvalue weighted by molar-refractivity contribution is 0.102. The van der Waals surface area contributed by atoms with Gasteiger partial charge >= 0.3 is 0 Å². The third kappa shape index (κ3) is 3.33. The Morgan fingerprint density at radius 3 is 2.64 bits per heavy atom. The third-order valence-corrected chi connectivity index (χ3v) is 5.11. The number of hydrogen-bond acceptors (Lipinski definition) is 3. The fraction of sp³-hybridized carbons (Fsp3) is 0.389. The van der Waals surface area contributed by atoms with E-state index in [1.54, 1.807) is 29.2 Å². The Balaban J connectivity index is 1.86. The van der Waals surface area contributed by atoms with E-state index in [0.29, 0.717) is 11.6 Å². The number of hydrogen-bond donors (Lipinski definition) is 1. The molecule has 3 rings (SSSR count). The first-order valence-electron chi connectivity index (χ1n) is 8.59. The van der Waals surface area contributed by atoms with E-state index in [9.17, 15) is 4.79 Å². The Morgan fingerprint density at radius 1 is 1.20 bits per heavy atom. The van der Waals surface area contributed by atoms with Crippen LogP contribution in [0.5, 0.6) is 0 Å². The Bertz CT molecular complexity index is 894. The van der Waals surface area contributed by atoms with Crippen molar-refractivity contribution in [3.8, 4) is 0 Å². The number of halogens is 1. The van der Waals surface area contributed by atoms with Crippen LogP contribution in [0.25, 0.3) is 5.52 Å². The fourth-order valence-electron chi connectivity index (χ4n) is 3.08. The Kier molecular flexibility index (Phi) is 5.22. The van der Waals surface area contributed by atoms with Gasteiger partial charge in [-0.3, -0.25) is 9.48 Å². The minimum atomic E-state index is -0.160. The molecule has 6 nitrogen and oxygen atoms in total. The number of pyridine rings is 1. The van der Waals surface area contributed by atoms with Gasteiger partial charge in [-0.05, 0) is 47.3 Å². The van der Waals surface area contributed by atoms with E-state index in [2.05, 4.69) is 52.2 Å². The molecule has 3 aromatic heterocycles. The van der Waals surface area contributed by atoms with E-state index in [1.165, 1.54) is 0 Å². The molecule has 3 aromatic rings. The van der Waals surface area contributed by atoms with Gasteiger partial charge in [-0.1, -0.05) is 20.8 Å². The molecule has 0 spiro atoms. The first kappa shape index (κ1) is 17.7. The molecule has 1 N–H and O–H groups in total. The minimum absolute atomic E-state index is 0.160. The van der Waals surface area contributed by atoms with Gasteiger partial charge in [-0.25, -0.2) is 4.52 Å². The van der Waals surface area contributed by atoms with Gasteiger partial charge in [0.25, 0.3) is 5.91 Å². The summed E-state index contributed by atoms with van der Waals surface area (Å²) in [5.74, 6) is -0.160. The van der Waals surface area contributed by atoms with Crippen molar-refractivity contribution >= 4 is 33.0 Å². The monoisotopic (exact) mass is 403 g/mol. The molecule has 132 valence electrons. The molecule has 0 aromatic carbocycles. The molecule has 0 atom stereocenters. The van der Waals surface area contributed by atoms with Crippen LogP contribution in [0.3, 0.4) is 0 Å². The van der Waals surface area contributed by atoms with Crippen molar-refractivity contribution in [1.82, 2.24) is 19.4 Å². The molecule has 1 amide bonds. The molecule has 0 fully saturated rings. The van der Waals surface area contributed by atoms with Gasteiger partial charge in [0, 0.05) is 6.20 Å². The van der Waals surface area contributed by atoms with Gasteiger partial charge in [-0.2, -0.15) is 10.2 Å². The third-order valence-electron chi connectivity index (χ3n) is 4.50. The number of nitrogens with one attached hydrogen (secondary N) is 1. The smallest absolute Gasteiger partial charge is 0.257 e. The van der Waals surface area contributed by atoms with Crippen LogP contribution in [0.15, 0.2) is 35.2 Å². The van der Waals surface area contributed by atoms with Gasteiger partial charge in [0.05, 0.1) is 45.4 Å². The van der Waals surface area contributed by atoms with E-state index in [4.69, 9.17) is 0 Å². The summed E-state index contributed by atoms with van der Waals surface area (Å²) >= 11 is 3.44. The van der Waals surface area contributed by atoms with Crippen LogP contribution < -0.4 is 5.32 Å². The molecule has 0 aliphatic heterocycles. The zero-order valence-corrected chi connectivity index (χ0v) is 16.2. The molecule has 7 heteroatoms. The van der Waals surface area contributed by atoms with Crippen molar-refractivity contribution in [3.63, 3.8) is 0 Å². The molecule has 0 saturated heterocycles. The lowest BCUT2D eigenvalue weighted by Crippen LogP contribution is -2.16. The lowest BCUT2D eigenvalue weighted by atomic mass is 10.1. The SMILES string of the molecule is CCc1c(NC(=O)c2ccc3c(Br)cnn3c2)cnn1C(CC)CC. The van der Waals surface area contributed by atoms with Crippen LogP contribution in [-0.4, -0.2) is 25.3 Å². The van der Waals surface area contributed by atoms with Crippen LogP contribution in [-0.2, 0) is 6.42 Å². The number of anilines is 1. The first-order chi connectivity index (χ1) is 12.1. The number of carbonyl (C=O) groups excluding carboxylic acids is 1. The largest absolute Gasteiger partial charge is 0.319 e. The molecule has 3 heterocycles. The molecule has 0 saturated carbocycles. The molecule has 25 heavy (non-hydrogen) atoms. The number of nitrogens with zero attached hydrogens (tertiary/aromatic N) is 4. The summed E-state index contributed by atoms with van der Waals surface area (Å²) in [6, 6.07) is 4.03. The maximum Gasteiger partial charge on any atom is 0.257 e. The zero-order valence-electron chi connectivity index (χ0n) is 14.7. The number of amides is 1. The maximum absolute atomic E-state index is 12.6. The van der Waals surface area contributed by atoms with Crippen LogP contribution in [0.2, 0.25) is 0 Å². The summed E-state index contributed by atoms with van der Waals surface area (Å²) in [5.41, 5.74) is 3.32. The molecule has 0 aliphatic rings. The average molecular weight is 404 g/mol. The predicted octanol–water partition coefficient (Wildman–Crippen LogP) is 4.47. The summed E-state index contributed by atoms with van der Waals surface area (Å²) in [6.45, 7) is 6.40. The van der Waals surface area contributed by atoms with Gasteiger partial charge in [-0.15, -0.1) is 0 Å². The average Bonchev–Trinajstić information content (AvgIpc) is 3.19. The zero-order chi connectivity index (χ0) is 18.0. The lowest BCUT2D eigenvalue weighted by Gasteiger charge is -2.17. The summed E-state index contributed by atoms with van der Waals surface area (Å²) < 4.78 is 4.63. The topological polar surface area (TPSA) is 64.2 Å². The standard InChI is InChI=1S/C18H22BrN5O/c1-4-13(5-2)24-16(6-3)15(10-21-24)22-18(25)12-7-8-17-14(19)9-20-23(17)11-12/h7-11,13H,4-6H2,1-3H3,(H,22,25). The van der Waals surface area contributed by atoms with Crippen LogP contribution in [0.4, 0.5) is 5.69 Å². The second-order valence-electron chi connectivity index (χ2n) is 5.97. The van der Waals surface area contributed by atoms with E-state index < -0.39 is 0 Å². The molecule has 0 radical (unpaired) electrons. The second kappa shape index (κ2) is 7.39. The highest BCUT2D eigenvalue weighted by atomic mass is 79.9. The Hall–Kier alpha value is -2.15. The van der Waals surface area contributed by atoms with E-state index >= 15 is 0 Å². The first-order valence-corrected chi connectivity index (χ1v) is 9.38. The van der Waals surface area contributed by atoms with Crippen LogP contribution in [0.1, 0.15) is 55.7 Å². The van der Waals surface area contributed by atoms with Crippen molar-refractivity contribution in [1.29, 1.82) is 0 Å². The Morgan fingerprint density at radius 2 is 1.96 bits per heavy atom. The quantitative estimate of drug-likeness (QED) is 0.660. The van der Waals surface area contributed by atoms with Gasteiger partial charge < -0.3 is 5.32 Å². The Labute approximate surface area is 155 Å². The van der Waals surface area contributed by atoms with Crippen LogP contribution in [0, 0.1) is 0 Å². The molecule has 0 aliphatic carbocycles. The number of fused-ring (bicyclic) bond motifs is 1. The van der Waals surface area contributed by atoms with Crippen molar-refractivity contribution in [2.75, 3.05) is 5.32 Å². The second-order valence-corrected chi connectivity index (χ2v) is 6.82. The highest BCUT2D eigenvalue weighted by molar-refractivity contribution is 9.10. The van der Waals surface area contributed by atoms with Crippen molar-refractivity contribution in [3.05, 3.63) is 46.5 Å². The van der Waals surface area contributed by atoms with Gasteiger partial charge in [0.15, 0.2) is 0 Å². The van der Waals surface area contributed by atoms with E-state index in [-0.39, 0.29) is 5.91 Å². The van der Waals surface area contributed by atoms with Crippen molar-refractivity contribution in [2.24, 2.45) is 0 Å². The summed E-state index contributed by atoms with van der Waals surface area (Å²) in [4.78, 5) is 12.6. The predicted molar refractivity (Wildman–Crippen MR) is 102 cm³/mol. The van der Waals surface area contributed by atoms with Crippen molar-refractivity contribution in [2.45, 2.75) is 46.1 Å². The molecule has 0 bridgehead atoms. The number of carbonyl (C=O) groups is 1. The molecular formula is C18H22BrN5O. The van der Waals surface area contributed by atoms with Gasteiger partial charge in [0.1, 0.15) is 0 Å². The summed E-state index contributed by atoms with van der Waals surface area (Å²) in [7, 11) is 0. The summed E-state index contributed by atoms with van der Waals surface area (Å²) in [6.07, 6.45) is 8.04. The maximum atomic E-state index is 12.6. The highest BCUT2D eigenvalue weighted by Crippen LogP contribution is 2.24. The van der Waals surface area contributed by atoms with E-state index in [1.807, 2.05) is 10.7 Å².